The van der Waals surface area contributed by atoms with E-state index in [1.165, 1.54) is 16.5 Å². The van der Waals surface area contributed by atoms with Gasteiger partial charge in [0.15, 0.2) is 0 Å². The van der Waals surface area contributed by atoms with Crippen molar-refractivity contribution in [1.82, 2.24) is 15.2 Å². The Balaban J connectivity index is 1.66. The highest BCUT2D eigenvalue weighted by Gasteiger charge is 2.09. The lowest BCUT2D eigenvalue weighted by atomic mass is 10.2. The molecule has 0 fully saturated rings. The molecular weight excluding hydrogens is 346 g/mol. The summed E-state index contributed by atoms with van der Waals surface area (Å²) < 4.78 is 2.27. The van der Waals surface area contributed by atoms with Gasteiger partial charge in [0.1, 0.15) is 0 Å². The fourth-order valence-corrected chi connectivity index (χ4v) is 3.37. The van der Waals surface area contributed by atoms with Crippen molar-refractivity contribution in [3.05, 3.63) is 70.9 Å². The minimum atomic E-state index is 0.193. The largest absolute Gasteiger partial charge is 0.395 e. The van der Waals surface area contributed by atoms with Gasteiger partial charge in [0.05, 0.1) is 6.61 Å². The van der Waals surface area contributed by atoms with Crippen molar-refractivity contribution >= 4 is 22.5 Å². The van der Waals surface area contributed by atoms with E-state index < -0.39 is 0 Å². The van der Waals surface area contributed by atoms with Gasteiger partial charge in [0.2, 0.25) is 0 Å². The van der Waals surface area contributed by atoms with Gasteiger partial charge in [-0.15, -0.1) is 0 Å². The normalized spacial score (nSPS) is 11.3. The van der Waals surface area contributed by atoms with Crippen molar-refractivity contribution in [2.45, 2.75) is 19.5 Å². The van der Waals surface area contributed by atoms with E-state index in [4.69, 9.17) is 16.7 Å². The maximum absolute atomic E-state index is 8.75. The fraction of sp³-hybridized carbons (Fsp3) is 0.333. The van der Waals surface area contributed by atoms with E-state index in [0.717, 1.165) is 43.2 Å². The van der Waals surface area contributed by atoms with E-state index in [-0.39, 0.29) is 6.61 Å². The summed E-state index contributed by atoms with van der Waals surface area (Å²) in [6.45, 7) is 4.33. The monoisotopic (exact) mass is 371 g/mol. The van der Waals surface area contributed by atoms with Crippen LogP contribution in [-0.2, 0) is 13.1 Å². The summed E-state index contributed by atoms with van der Waals surface area (Å²) in [5, 5.41) is 17.6. The number of benzene rings is 2. The summed E-state index contributed by atoms with van der Waals surface area (Å²) in [6.07, 6.45) is 3.27. The second-order valence-corrected chi connectivity index (χ2v) is 6.80. The number of para-hydroxylation sites is 1. The first-order chi connectivity index (χ1) is 12.8. The zero-order chi connectivity index (χ0) is 18.2. The van der Waals surface area contributed by atoms with Gasteiger partial charge in [-0.05, 0) is 42.8 Å². The molecule has 0 unspecified atom stereocenters. The van der Waals surface area contributed by atoms with E-state index in [0.29, 0.717) is 6.54 Å². The van der Waals surface area contributed by atoms with Gasteiger partial charge in [0, 0.05) is 41.8 Å². The van der Waals surface area contributed by atoms with Crippen LogP contribution in [0.3, 0.4) is 0 Å². The lowest BCUT2D eigenvalue weighted by molar-refractivity contribution is 0.292. The molecule has 2 aromatic carbocycles. The number of aliphatic hydroxyl groups is 1. The lowest BCUT2D eigenvalue weighted by Crippen LogP contribution is -2.23. The van der Waals surface area contributed by atoms with Crippen LogP contribution in [-0.4, -0.2) is 35.9 Å². The molecule has 0 saturated heterocycles. The summed E-state index contributed by atoms with van der Waals surface area (Å²) in [5.41, 5.74) is 3.66. The third-order valence-corrected chi connectivity index (χ3v) is 4.85. The number of hydrogen-bond donors (Lipinski definition) is 3. The molecule has 3 rings (SSSR count). The Morgan fingerprint density at radius 1 is 0.885 bits per heavy atom. The van der Waals surface area contributed by atoms with Gasteiger partial charge in [0.25, 0.3) is 0 Å². The molecule has 0 saturated carbocycles. The van der Waals surface area contributed by atoms with Gasteiger partial charge in [-0.25, -0.2) is 0 Å². The summed E-state index contributed by atoms with van der Waals surface area (Å²) in [4.78, 5) is 0. The van der Waals surface area contributed by atoms with E-state index in [2.05, 4.69) is 51.7 Å². The molecule has 0 amide bonds. The first-order valence-electron chi connectivity index (χ1n) is 9.12. The molecule has 5 heteroatoms. The molecule has 138 valence electrons. The van der Waals surface area contributed by atoms with E-state index in [1.54, 1.807) is 0 Å². The maximum Gasteiger partial charge on any atom is 0.0555 e. The highest BCUT2D eigenvalue weighted by molar-refractivity contribution is 6.31. The van der Waals surface area contributed by atoms with Crippen LogP contribution in [0.15, 0.2) is 54.7 Å². The van der Waals surface area contributed by atoms with Gasteiger partial charge in [-0.1, -0.05) is 48.0 Å². The standard InChI is InChI=1S/C21H26ClN3O/c22-20-8-3-1-6-17(20)15-25-16-18(19-7-2-4-9-21(19)25)14-24-11-5-10-23-12-13-26/h1-4,6-9,16,23-24,26H,5,10-15H2. The number of fused-ring (bicyclic) bond motifs is 1. The molecule has 0 radical (unpaired) electrons. The van der Waals surface area contributed by atoms with Crippen molar-refractivity contribution < 1.29 is 5.11 Å². The number of nitrogens with one attached hydrogen (secondary N) is 2. The van der Waals surface area contributed by atoms with Crippen LogP contribution in [0.4, 0.5) is 0 Å². The van der Waals surface area contributed by atoms with Crippen LogP contribution >= 0.6 is 11.6 Å². The Labute approximate surface area is 159 Å². The van der Waals surface area contributed by atoms with Crippen molar-refractivity contribution in [2.75, 3.05) is 26.2 Å². The van der Waals surface area contributed by atoms with Gasteiger partial charge >= 0.3 is 0 Å². The summed E-state index contributed by atoms with van der Waals surface area (Å²) >= 11 is 6.34. The molecule has 0 spiro atoms. The molecule has 1 aromatic heterocycles. The average Bonchev–Trinajstić information content (AvgIpc) is 3.01. The third kappa shape index (κ3) is 4.86. The maximum atomic E-state index is 8.75. The van der Waals surface area contributed by atoms with Crippen molar-refractivity contribution in [2.24, 2.45) is 0 Å². The molecule has 0 atom stereocenters. The average molecular weight is 372 g/mol. The Morgan fingerprint density at radius 2 is 1.65 bits per heavy atom. The SMILES string of the molecule is OCCNCCCNCc1cn(Cc2ccccc2Cl)c2ccccc12. The van der Waals surface area contributed by atoms with Crippen LogP contribution in [0.1, 0.15) is 17.5 Å². The van der Waals surface area contributed by atoms with Gasteiger partial charge in [-0.2, -0.15) is 0 Å². The van der Waals surface area contributed by atoms with Crippen LogP contribution in [0.2, 0.25) is 5.02 Å². The number of aromatic nitrogens is 1. The van der Waals surface area contributed by atoms with Crippen molar-refractivity contribution in [3.63, 3.8) is 0 Å². The number of rotatable bonds is 10. The van der Waals surface area contributed by atoms with Crippen LogP contribution < -0.4 is 10.6 Å². The third-order valence-electron chi connectivity index (χ3n) is 4.48. The van der Waals surface area contributed by atoms with Crippen molar-refractivity contribution in [3.8, 4) is 0 Å². The summed E-state index contributed by atoms with van der Waals surface area (Å²) in [7, 11) is 0. The second kappa shape index (κ2) is 9.74. The van der Waals surface area contributed by atoms with E-state index >= 15 is 0 Å². The Morgan fingerprint density at radius 3 is 2.50 bits per heavy atom. The zero-order valence-electron chi connectivity index (χ0n) is 14.9. The minimum absolute atomic E-state index is 0.193. The predicted octanol–water partition coefficient (Wildman–Crippen LogP) is 3.40. The number of hydrogen-bond acceptors (Lipinski definition) is 3. The quantitative estimate of drug-likeness (QED) is 0.479. The molecule has 1 heterocycles. The predicted molar refractivity (Wildman–Crippen MR) is 109 cm³/mol. The molecule has 3 N–H and O–H groups in total. The highest BCUT2D eigenvalue weighted by atomic mass is 35.5. The second-order valence-electron chi connectivity index (χ2n) is 6.39. The Bertz CT molecular complexity index is 831. The number of nitrogens with zero attached hydrogens (tertiary/aromatic N) is 1. The zero-order valence-corrected chi connectivity index (χ0v) is 15.7. The molecule has 4 nitrogen and oxygen atoms in total. The topological polar surface area (TPSA) is 49.2 Å². The molecule has 3 aromatic rings. The van der Waals surface area contributed by atoms with E-state index in [9.17, 15) is 0 Å². The van der Waals surface area contributed by atoms with Crippen LogP contribution in [0.5, 0.6) is 0 Å². The molecule has 0 aliphatic heterocycles. The van der Waals surface area contributed by atoms with Gasteiger partial charge < -0.3 is 20.3 Å². The summed E-state index contributed by atoms with van der Waals surface area (Å²) in [6, 6.07) is 16.5. The lowest BCUT2D eigenvalue weighted by Gasteiger charge is -2.07. The van der Waals surface area contributed by atoms with Gasteiger partial charge in [-0.3, -0.25) is 0 Å². The molecule has 0 aliphatic carbocycles. The number of halogens is 1. The first kappa shape index (κ1) is 18.9. The van der Waals surface area contributed by atoms with Crippen molar-refractivity contribution in [1.29, 1.82) is 0 Å². The summed E-state index contributed by atoms with van der Waals surface area (Å²) in [5.74, 6) is 0. The fourth-order valence-electron chi connectivity index (χ4n) is 3.17. The molecular formula is C21H26ClN3O. The van der Waals surface area contributed by atoms with Crippen LogP contribution in [0.25, 0.3) is 10.9 Å². The molecule has 0 bridgehead atoms. The van der Waals surface area contributed by atoms with Crippen LogP contribution in [0, 0.1) is 0 Å². The highest BCUT2D eigenvalue weighted by Crippen LogP contribution is 2.24. The first-order valence-corrected chi connectivity index (χ1v) is 9.50. The Kier molecular flexibility index (Phi) is 7.09. The van der Waals surface area contributed by atoms with E-state index in [1.807, 2.05) is 18.2 Å². The minimum Gasteiger partial charge on any atom is -0.395 e. The smallest absolute Gasteiger partial charge is 0.0555 e. The molecule has 0 aliphatic rings. The Hall–Kier alpha value is -1.85. The molecule has 26 heavy (non-hydrogen) atoms. The number of aliphatic hydroxyl groups excluding tert-OH is 1.